The molecule has 0 fully saturated rings. The second-order valence-electron chi connectivity index (χ2n) is 2.94. The first-order valence-corrected chi connectivity index (χ1v) is 3.98. The van der Waals surface area contributed by atoms with Gasteiger partial charge in [0.1, 0.15) is 0 Å². The van der Waals surface area contributed by atoms with E-state index in [0.29, 0.717) is 5.92 Å². The molecule has 10 heavy (non-hydrogen) atoms. The standard InChI is InChI=1S/C10H18/c1-5-6-7-10(4)8-9(2)3/h6-8,10H,5H2,1-4H3/b7-6+. The molecule has 1 atom stereocenters. The monoisotopic (exact) mass is 138 g/mol. The van der Waals surface area contributed by atoms with Crippen molar-refractivity contribution < 1.29 is 0 Å². The predicted octanol–water partition coefficient (Wildman–Crippen LogP) is 3.55. The SMILES string of the molecule is CC/C=C/C(C)C=C(C)C. The molecule has 0 saturated carbocycles. The minimum absolute atomic E-state index is 0.602. The smallest absolute Gasteiger partial charge is 0.00794 e. The Hall–Kier alpha value is -0.520. The molecule has 0 aromatic rings. The highest BCUT2D eigenvalue weighted by molar-refractivity contribution is 5.03. The summed E-state index contributed by atoms with van der Waals surface area (Å²) in [5.41, 5.74) is 1.40. The van der Waals surface area contributed by atoms with Crippen LogP contribution in [0.15, 0.2) is 23.8 Å². The average molecular weight is 138 g/mol. The van der Waals surface area contributed by atoms with Crippen molar-refractivity contribution in [1.82, 2.24) is 0 Å². The second kappa shape index (κ2) is 5.28. The summed E-state index contributed by atoms with van der Waals surface area (Å²) in [7, 11) is 0. The molecule has 0 N–H and O–H groups in total. The zero-order valence-corrected chi connectivity index (χ0v) is 7.52. The first-order valence-electron chi connectivity index (χ1n) is 3.98. The summed E-state index contributed by atoms with van der Waals surface area (Å²) in [5.74, 6) is 0.602. The Bertz CT molecular complexity index is 125. The van der Waals surface area contributed by atoms with Crippen LogP contribution in [-0.2, 0) is 0 Å². The van der Waals surface area contributed by atoms with Gasteiger partial charge in [-0.2, -0.15) is 0 Å². The van der Waals surface area contributed by atoms with E-state index in [4.69, 9.17) is 0 Å². The van der Waals surface area contributed by atoms with Gasteiger partial charge in [0, 0.05) is 0 Å². The van der Waals surface area contributed by atoms with Gasteiger partial charge in [-0.3, -0.25) is 0 Å². The van der Waals surface area contributed by atoms with Crippen LogP contribution in [-0.4, -0.2) is 0 Å². The van der Waals surface area contributed by atoms with Crippen LogP contribution in [0.2, 0.25) is 0 Å². The summed E-state index contributed by atoms with van der Waals surface area (Å²) in [6.45, 7) is 8.64. The lowest BCUT2D eigenvalue weighted by atomic mass is 10.1. The molecule has 58 valence electrons. The van der Waals surface area contributed by atoms with Gasteiger partial charge in [0.2, 0.25) is 0 Å². The molecule has 1 unspecified atom stereocenters. The minimum atomic E-state index is 0.602. The molecule has 0 aromatic heterocycles. The maximum absolute atomic E-state index is 2.27. The van der Waals surface area contributed by atoms with Gasteiger partial charge in [-0.15, -0.1) is 0 Å². The molecule has 0 heterocycles. The lowest BCUT2D eigenvalue weighted by Gasteiger charge is -1.97. The van der Waals surface area contributed by atoms with Crippen LogP contribution in [0.4, 0.5) is 0 Å². The predicted molar refractivity (Wildman–Crippen MR) is 48.0 cm³/mol. The lowest BCUT2D eigenvalue weighted by Crippen LogP contribution is -1.82. The van der Waals surface area contributed by atoms with Gasteiger partial charge in [0.25, 0.3) is 0 Å². The largest absolute Gasteiger partial charge is 0.0882 e. The average Bonchev–Trinajstić information content (AvgIpc) is 1.82. The summed E-state index contributed by atoms with van der Waals surface area (Å²) < 4.78 is 0. The molecule has 0 nitrogen and oxygen atoms in total. The van der Waals surface area contributed by atoms with E-state index in [1.807, 2.05) is 0 Å². The maximum atomic E-state index is 2.27. The van der Waals surface area contributed by atoms with Crippen LogP contribution in [0.5, 0.6) is 0 Å². The van der Waals surface area contributed by atoms with Gasteiger partial charge < -0.3 is 0 Å². The minimum Gasteiger partial charge on any atom is -0.0882 e. The van der Waals surface area contributed by atoms with Crippen molar-refractivity contribution in [3.05, 3.63) is 23.8 Å². The van der Waals surface area contributed by atoms with Crippen molar-refractivity contribution in [3.63, 3.8) is 0 Å². The number of rotatable bonds is 3. The molecule has 0 aliphatic carbocycles. The van der Waals surface area contributed by atoms with Crippen molar-refractivity contribution in [2.24, 2.45) is 5.92 Å². The Kier molecular flexibility index (Phi) is 5.00. The third kappa shape index (κ3) is 5.61. The van der Waals surface area contributed by atoms with E-state index in [9.17, 15) is 0 Å². The number of hydrogen-bond donors (Lipinski definition) is 0. The Morgan fingerprint density at radius 2 is 2.00 bits per heavy atom. The zero-order valence-electron chi connectivity index (χ0n) is 7.52. The van der Waals surface area contributed by atoms with Gasteiger partial charge in [-0.1, -0.05) is 37.6 Å². The van der Waals surface area contributed by atoms with E-state index in [1.54, 1.807) is 0 Å². The normalized spacial score (nSPS) is 13.6. The summed E-state index contributed by atoms with van der Waals surface area (Å²) >= 11 is 0. The zero-order chi connectivity index (χ0) is 7.98. The van der Waals surface area contributed by atoms with E-state index in [-0.39, 0.29) is 0 Å². The Morgan fingerprint density at radius 1 is 1.40 bits per heavy atom. The first-order chi connectivity index (χ1) is 4.66. The van der Waals surface area contributed by atoms with Crippen LogP contribution >= 0.6 is 0 Å². The molecular formula is C10H18. The van der Waals surface area contributed by atoms with Crippen molar-refractivity contribution in [2.45, 2.75) is 34.1 Å². The topological polar surface area (TPSA) is 0 Å². The highest BCUT2D eigenvalue weighted by atomic mass is 13.9. The summed E-state index contributed by atoms with van der Waals surface area (Å²) in [6.07, 6.45) is 7.87. The molecular weight excluding hydrogens is 120 g/mol. The Labute approximate surface area is 64.6 Å². The molecule has 0 saturated heterocycles. The molecule has 0 spiro atoms. The van der Waals surface area contributed by atoms with E-state index in [1.165, 1.54) is 5.57 Å². The fourth-order valence-electron chi connectivity index (χ4n) is 0.932. The Morgan fingerprint density at radius 3 is 2.40 bits per heavy atom. The van der Waals surface area contributed by atoms with E-state index < -0.39 is 0 Å². The van der Waals surface area contributed by atoms with Crippen molar-refractivity contribution >= 4 is 0 Å². The molecule has 0 rings (SSSR count). The van der Waals surface area contributed by atoms with Crippen molar-refractivity contribution in [2.75, 3.05) is 0 Å². The summed E-state index contributed by atoms with van der Waals surface area (Å²) in [5, 5.41) is 0. The van der Waals surface area contributed by atoms with E-state index >= 15 is 0 Å². The van der Waals surface area contributed by atoms with Crippen molar-refractivity contribution in [3.8, 4) is 0 Å². The van der Waals surface area contributed by atoms with Crippen molar-refractivity contribution in [1.29, 1.82) is 0 Å². The number of allylic oxidation sites excluding steroid dienone is 4. The van der Waals surface area contributed by atoms with Gasteiger partial charge in [-0.25, -0.2) is 0 Å². The van der Waals surface area contributed by atoms with Crippen LogP contribution in [0.25, 0.3) is 0 Å². The Balaban J connectivity index is 3.74. The molecule has 0 amide bonds. The molecule has 0 heteroatoms. The maximum Gasteiger partial charge on any atom is -0.00794 e. The molecule has 0 bridgehead atoms. The van der Waals surface area contributed by atoms with Gasteiger partial charge >= 0.3 is 0 Å². The summed E-state index contributed by atoms with van der Waals surface area (Å²) in [6, 6.07) is 0. The molecule has 0 aliphatic rings. The fraction of sp³-hybridized carbons (Fsp3) is 0.600. The lowest BCUT2D eigenvalue weighted by molar-refractivity contribution is 0.916. The molecule has 0 aliphatic heterocycles. The quantitative estimate of drug-likeness (QED) is 0.523. The van der Waals surface area contributed by atoms with Gasteiger partial charge in [-0.05, 0) is 26.2 Å². The van der Waals surface area contributed by atoms with Crippen LogP contribution in [0.3, 0.4) is 0 Å². The number of hydrogen-bond acceptors (Lipinski definition) is 0. The van der Waals surface area contributed by atoms with Crippen LogP contribution in [0.1, 0.15) is 34.1 Å². The second-order valence-corrected chi connectivity index (χ2v) is 2.94. The van der Waals surface area contributed by atoms with Crippen LogP contribution < -0.4 is 0 Å². The first kappa shape index (κ1) is 9.48. The van der Waals surface area contributed by atoms with Gasteiger partial charge in [0.15, 0.2) is 0 Å². The van der Waals surface area contributed by atoms with Crippen LogP contribution in [0, 0.1) is 5.92 Å². The highest BCUT2D eigenvalue weighted by Gasteiger charge is 1.88. The summed E-state index contributed by atoms with van der Waals surface area (Å²) in [4.78, 5) is 0. The van der Waals surface area contributed by atoms with E-state index in [0.717, 1.165) is 6.42 Å². The fourth-order valence-corrected chi connectivity index (χ4v) is 0.932. The van der Waals surface area contributed by atoms with Gasteiger partial charge in [0.05, 0.1) is 0 Å². The molecule has 0 radical (unpaired) electrons. The third-order valence-corrected chi connectivity index (χ3v) is 1.27. The van der Waals surface area contributed by atoms with E-state index in [2.05, 4.69) is 45.9 Å². The molecule has 0 aromatic carbocycles. The highest BCUT2D eigenvalue weighted by Crippen LogP contribution is 2.03. The third-order valence-electron chi connectivity index (χ3n) is 1.27.